The average Bonchev–Trinajstić information content (AvgIpc) is 3.46. The number of anilines is 1. The van der Waals surface area contributed by atoms with E-state index in [4.69, 9.17) is 9.72 Å². The van der Waals surface area contributed by atoms with Crippen molar-refractivity contribution in [2.24, 2.45) is 7.05 Å². The highest BCUT2D eigenvalue weighted by molar-refractivity contribution is 5.70. The van der Waals surface area contributed by atoms with E-state index in [1.807, 2.05) is 35.1 Å². The zero-order valence-corrected chi connectivity index (χ0v) is 19.9. The van der Waals surface area contributed by atoms with E-state index in [9.17, 15) is 4.79 Å². The molecule has 3 aliphatic heterocycles. The van der Waals surface area contributed by atoms with Crippen molar-refractivity contribution in [1.29, 1.82) is 0 Å². The van der Waals surface area contributed by atoms with E-state index in [0.29, 0.717) is 5.92 Å². The van der Waals surface area contributed by atoms with E-state index in [1.165, 1.54) is 0 Å². The standard InChI is InChI=1S/C24H32N8O2/c1-14(2)20-12-27-32-22(8-21(29-23(20)32)15-9-26-30(3)13-15)28-16-6-17-4-5-18(7-16)31(17)24(33)34-19-10-25-11-19/h8-9,12-14,16-19,25,28H,4-7,10-11H2,1-3H3. The molecule has 3 aromatic rings. The first-order valence-corrected chi connectivity index (χ1v) is 12.3. The van der Waals surface area contributed by atoms with E-state index in [2.05, 4.69) is 40.7 Å². The minimum atomic E-state index is -0.142. The molecule has 2 N–H and O–H groups in total. The maximum Gasteiger partial charge on any atom is 0.410 e. The number of fused-ring (bicyclic) bond motifs is 3. The molecule has 3 saturated heterocycles. The molecular formula is C24H32N8O2. The van der Waals surface area contributed by atoms with Gasteiger partial charge in [0.05, 0.1) is 18.1 Å². The second kappa shape index (κ2) is 8.26. The van der Waals surface area contributed by atoms with E-state index >= 15 is 0 Å². The van der Waals surface area contributed by atoms with Gasteiger partial charge in [0.2, 0.25) is 0 Å². The molecule has 0 saturated carbocycles. The predicted octanol–water partition coefficient (Wildman–Crippen LogP) is 2.77. The lowest BCUT2D eigenvalue weighted by molar-refractivity contribution is 0.0194. The van der Waals surface area contributed by atoms with Crippen molar-refractivity contribution in [2.45, 2.75) is 69.7 Å². The summed E-state index contributed by atoms with van der Waals surface area (Å²) in [6.07, 6.45) is 9.50. The monoisotopic (exact) mass is 464 g/mol. The van der Waals surface area contributed by atoms with Gasteiger partial charge in [-0.15, -0.1) is 0 Å². The highest BCUT2D eigenvalue weighted by Gasteiger charge is 2.45. The van der Waals surface area contributed by atoms with Gasteiger partial charge in [0.15, 0.2) is 5.65 Å². The molecule has 2 atom stereocenters. The summed E-state index contributed by atoms with van der Waals surface area (Å²) in [6, 6.07) is 2.75. The lowest BCUT2D eigenvalue weighted by Gasteiger charge is -2.40. The molecular weight excluding hydrogens is 432 g/mol. The minimum absolute atomic E-state index is 0.0220. The SMILES string of the molecule is CC(C)c1cnn2c(NC3CC4CCC(C3)N4C(=O)OC3CNC3)cc(-c3cnn(C)c3)nc12. The molecule has 0 spiro atoms. The first kappa shape index (κ1) is 21.4. The van der Waals surface area contributed by atoms with Gasteiger partial charge in [-0.25, -0.2) is 9.78 Å². The Hall–Kier alpha value is -3.14. The Morgan fingerprint density at radius 1 is 1.18 bits per heavy atom. The predicted molar refractivity (Wildman–Crippen MR) is 128 cm³/mol. The van der Waals surface area contributed by atoms with Gasteiger partial charge in [-0.3, -0.25) is 4.68 Å². The molecule has 34 heavy (non-hydrogen) atoms. The second-order valence-electron chi connectivity index (χ2n) is 10.2. The van der Waals surface area contributed by atoms with Crippen molar-refractivity contribution in [3.05, 3.63) is 30.2 Å². The van der Waals surface area contributed by atoms with Gasteiger partial charge in [-0.2, -0.15) is 14.7 Å². The van der Waals surface area contributed by atoms with Crippen molar-refractivity contribution >= 4 is 17.6 Å². The number of piperidine rings is 1. The quantitative estimate of drug-likeness (QED) is 0.599. The molecule has 3 aromatic heterocycles. The topological polar surface area (TPSA) is 102 Å². The number of amides is 1. The van der Waals surface area contributed by atoms with Crippen molar-refractivity contribution < 1.29 is 9.53 Å². The zero-order valence-electron chi connectivity index (χ0n) is 19.9. The normalized spacial score (nSPS) is 24.6. The van der Waals surface area contributed by atoms with Crippen LogP contribution in [0.15, 0.2) is 24.7 Å². The van der Waals surface area contributed by atoms with Gasteiger partial charge in [0.25, 0.3) is 0 Å². The maximum absolute atomic E-state index is 12.8. The smallest absolute Gasteiger partial charge is 0.410 e. The fraction of sp³-hybridized carbons (Fsp3) is 0.583. The van der Waals surface area contributed by atoms with Crippen molar-refractivity contribution in [1.82, 2.24) is 34.6 Å². The Labute approximate surface area is 198 Å². The third-order valence-corrected chi connectivity index (χ3v) is 7.43. The molecule has 1 amide bonds. The van der Waals surface area contributed by atoms with Crippen LogP contribution >= 0.6 is 0 Å². The number of carbonyl (C=O) groups is 1. The molecule has 6 heterocycles. The molecule has 10 nitrogen and oxygen atoms in total. The lowest BCUT2D eigenvalue weighted by atomic mass is 9.97. The summed E-state index contributed by atoms with van der Waals surface area (Å²) in [4.78, 5) is 19.7. The summed E-state index contributed by atoms with van der Waals surface area (Å²) in [5, 5.41) is 15.9. The molecule has 2 unspecified atom stereocenters. The average molecular weight is 465 g/mol. The summed E-state index contributed by atoms with van der Waals surface area (Å²) in [5.41, 5.74) is 3.85. The third-order valence-electron chi connectivity index (χ3n) is 7.43. The first-order chi connectivity index (χ1) is 16.5. The second-order valence-corrected chi connectivity index (χ2v) is 10.2. The van der Waals surface area contributed by atoms with E-state index in [1.54, 1.807) is 4.68 Å². The van der Waals surface area contributed by atoms with Crippen LogP contribution in [0.3, 0.4) is 0 Å². The molecule has 0 radical (unpaired) electrons. The maximum atomic E-state index is 12.8. The minimum Gasteiger partial charge on any atom is -0.443 e. The largest absolute Gasteiger partial charge is 0.443 e. The molecule has 3 fully saturated rings. The van der Waals surface area contributed by atoms with Gasteiger partial charge >= 0.3 is 6.09 Å². The fourth-order valence-electron chi connectivity index (χ4n) is 5.54. The molecule has 6 rings (SSSR count). The molecule has 0 aliphatic carbocycles. The number of ether oxygens (including phenoxy) is 1. The highest BCUT2D eigenvalue weighted by atomic mass is 16.6. The van der Waals surface area contributed by atoms with Gasteiger partial charge in [0.1, 0.15) is 11.9 Å². The van der Waals surface area contributed by atoms with Gasteiger partial charge < -0.3 is 20.3 Å². The Balaban J connectivity index is 1.26. The molecule has 2 bridgehead atoms. The van der Waals surface area contributed by atoms with Gasteiger partial charge in [-0.1, -0.05) is 13.8 Å². The van der Waals surface area contributed by atoms with Crippen LogP contribution in [0.5, 0.6) is 0 Å². The first-order valence-electron chi connectivity index (χ1n) is 12.3. The Morgan fingerprint density at radius 3 is 2.56 bits per heavy atom. The van der Waals surface area contributed by atoms with Crippen LogP contribution < -0.4 is 10.6 Å². The number of rotatable bonds is 5. The molecule has 0 aromatic carbocycles. The van der Waals surface area contributed by atoms with Crippen molar-refractivity contribution in [3.8, 4) is 11.3 Å². The zero-order chi connectivity index (χ0) is 23.4. The van der Waals surface area contributed by atoms with Crippen molar-refractivity contribution in [2.75, 3.05) is 18.4 Å². The fourth-order valence-corrected chi connectivity index (χ4v) is 5.54. The van der Waals surface area contributed by atoms with Gasteiger partial charge in [0, 0.05) is 61.7 Å². The summed E-state index contributed by atoms with van der Waals surface area (Å²) < 4.78 is 9.39. The Bertz CT molecular complexity index is 1200. The number of hydrogen-bond donors (Lipinski definition) is 2. The lowest BCUT2D eigenvalue weighted by Crippen LogP contribution is -2.55. The summed E-state index contributed by atoms with van der Waals surface area (Å²) in [5.74, 6) is 1.25. The highest BCUT2D eigenvalue weighted by Crippen LogP contribution is 2.38. The third kappa shape index (κ3) is 3.70. The number of carbonyl (C=O) groups excluding carboxylic acids is 1. The number of aryl methyl sites for hydroxylation is 1. The molecule has 180 valence electrons. The van der Waals surface area contributed by atoms with Crippen LogP contribution in [0.4, 0.5) is 10.6 Å². The Morgan fingerprint density at radius 2 is 1.94 bits per heavy atom. The van der Waals surface area contributed by atoms with E-state index in [-0.39, 0.29) is 30.3 Å². The number of nitrogens with zero attached hydrogens (tertiary/aromatic N) is 6. The van der Waals surface area contributed by atoms with Crippen LogP contribution in [0.25, 0.3) is 16.9 Å². The number of hydrogen-bond acceptors (Lipinski definition) is 7. The van der Waals surface area contributed by atoms with Crippen LogP contribution in [0.1, 0.15) is 51.0 Å². The molecule has 10 heteroatoms. The molecule has 3 aliphatic rings. The van der Waals surface area contributed by atoms with E-state index in [0.717, 1.165) is 67.1 Å². The summed E-state index contributed by atoms with van der Waals surface area (Å²) >= 11 is 0. The summed E-state index contributed by atoms with van der Waals surface area (Å²) in [6.45, 7) is 5.85. The van der Waals surface area contributed by atoms with E-state index < -0.39 is 0 Å². The van der Waals surface area contributed by atoms with Crippen LogP contribution in [-0.4, -0.2) is 72.7 Å². The van der Waals surface area contributed by atoms with Crippen LogP contribution in [0.2, 0.25) is 0 Å². The summed E-state index contributed by atoms with van der Waals surface area (Å²) in [7, 11) is 1.91. The van der Waals surface area contributed by atoms with Crippen LogP contribution in [0, 0.1) is 0 Å². The van der Waals surface area contributed by atoms with Gasteiger partial charge in [-0.05, 0) is 31.6 Å². The number of aromatic nitrogens is 5. The Kier molecular flexibility index (Phi) is 5.20. The number of nitrogens with one attached hydrogen (secondary N) is 2. The van der Waals surface area contributed by atoms with Crippen molar-refractivity contribution in [3.63, 3.8) is 0 Å². The van der Waals surface area contributed by atoms with Crippen LogP contribution in [-0.2, 0) is 11.8 Å².